The maximum Gasteiger partial charge on any atom is 0.490 e. The summed E-state index contributed by atoms with van der Waals surface area (Å²) in [5.74, 6) is -8.22. The van der Waals surface area contributed by atoms with Crippen molar-refractivity contribution in [3.05, 3.63) is 51.5 Å². The number of nitrogens with two attached hydrogens (primary N) is 1. The zero-order valence-electron chi connectivity index (χ0n) is 21.2. The van der Waals surface area contributed by atoms with E-state index in [9.17, 15) is 36.7 Å². The second-order valence-corrected chi connectivity index (χ2v) is 9.59. The molecule has 0 aliphatic heterocycles. The van der Waals surface area contributed by atoms with Crippen LogP contribution in [0.15, 0.2) is 30.3 Å². The maximum absolute atomic E-state index is 14.1. The van der Waals surface area contributed by atoms with E-state index < -0.39 is 54.2 Å². The molecule has 1 amide bonds. The number of esters is 1. The zero-order chi connectivity index (χ0) is 31.5. The smallest absolute Gasteiger partial charge is 0.481 e. The summed E-state index contributed by atoms with van der Waals surface area (Å²) in [5.41, 5.74) is 5.46. The fourth-order valence-corrected chi connectivity index (χ4v) is 4.01. The van der Waals surface area contributed by atoms with E-state index in [0.29, 0.717) is 12.8 Å². The van der Waals surface area contributed by atoms with Crippen molar-refractivity contribution in [1.29, 1.82) is 5.41 Å². The first-order chi connectivity index (χ1) is 18.9. The Kier molecular flexibility index (Phi) is 12.9. The Labute approximate surface area is 233 Å². The molecule has 1 unspecified atom stereocenters. The molecular formula is C24H25F4N3O9S. The Bertz CT molecular complexity index is 1300. The topological polar surface area (TPSA) is 217 Å². The lowest BCUT2D eigenvalue weighted by molar-refractivity contribution is -0.192. The molecule has 0 fully saturated rings. The van der Waals surface area contributed by atoms with Gasteiger partial charge in [0.05, 0.1) is 6.42 Å². The van der Waals surface area contributed by atoms with Gasteiger partial charge < -0.3 is 31.1 Å². The van der Waals surface area contributed by atoms with Crippen molar-refractivity contribution < 1.29 is 61.6 Å². The molecule has 1 aromatic carbocycles. The largest absolute Gasteiger partial charge is 0.490 e. The number of carboxylic acids is 3. The van der Waals surface area contributed by atoms with Crippen molar-refractivity contribution in [3.8, 4) is 5.75 Å². The summed E-state index contributed by atoms with van der Waals surface area (Å²) in [6.07, 6.45) is -4.84. The molecule has 1 heterocycles. The summed E-state index contributed by atoms with van der Waals surface area (Å²) >= 11 is 1.16. The number of carboxylic acid groups (broad SMARTS) is 3. The zero-order valence-corrected chi connectivity index (χ0v) is 22.0. The van der Waals surface area contributed by atoms with Gasteiger partial charge in [-0.15, -0.1) is 11.3 Å². The van der Waals surface area contributed by atoms with Gasteiger partial charge in [-0.3, -0.25) is 15.0 Å². The highest BCUT2D eigenvalue weighted by Gasteiger charge is 2.38. The van der Waals surface area contributed by atoms with E-state index in [1.54, 1.807) is 12.1 Å². The fourth-order valence-electron chi connectivity index (χ4n) is 2.96. The quantitative estimate of drug-likeness (QED) is 0.0681. The Morgan fingerprint density at radius 3 is 2.20 bits per heavy atom. The lowest BCUT2D eigenvalue weighted by atomic mass is 10.0. The van der Waals surface area contributed by atoms with Crippen LogP contribution in [-0.4, -0.2) is 63.2 Å². The molecule has 2 rings (SSSR count). The summed E-state index contributed by atoms with van der Waals surface area (Å²) in [7, 11) is 0. The van der Waals surface area contributed by atoms with Crippen molar-refractivity contribution in [2.24, 2.45) is 11.7 Å². The van der Waals surface area contributed by atoms with Gasteiger partial charge in [0.2, 0.25) is 5.91 Å². The van der Waals surface area contributed by atoms with Crippen LogP contribution in [0.4, 0.5) is 17.6 Å². The van der Waals surface area contributed by atoms with Gasteiger partial charge in [0.1, 0.15) is 16.8 Å². The molecule has 7 N–H and O–H groups in total. The number of nitrogen functional groups attached to an aromatic ring is 1. The first kappa shape index (κ1) is 34.5. The van der Waals surface area contributed by atoms with Gasteiger partial charge in [-0.05, 0) is 49.1 Å². The average molecular weight is 608 g/mol. The number of carbonyl (C=O) groups excluding carboxylic acids is 2. The second kappa shape index (κ2) is 15.3. The average Bonchev–Trinajstić information content (AvgIpc) is 3.31. The van der Waals surface area contributed by atoms with Crippen LogP contribution in [0.1, 0.15) is 46.3 Å². The lowest BCUT2D eigenvalue weighted by Gasteiger charge is -2.14. The number of thiophene rings is 1. The minimum absolute atomic E-state index is 0.00703. The summed E-state index contributed by atoms with van der Waals surface area (Å²) in [4.78, 5) is 56.0. The molecule has 2 atom stereocenters. The molecule has 17 heteroatoms. The van der Waals surface area contributed by atoms with E-state index in [1.165, 1.54) is 12.1 Å². The van der Waals surface area contributed by atoms with Crippen LogP contribution in [0.2, 0.25) is 0 Å². The monoisotopic (exact) mass is 607 g/mol. The molecule has 0 radical (unpaired) electrons. The maximum atomic E-state index is 14.1. The normalized spacial score (nSPS) is 12.2. The number of halogens is 4. The SMILES string of the molecule is CC(CCC(=O)N[C@@H](CC(=O)O)C(=O)O)Cc1ccc(C(=O)Oc2ccc(C(=N)N)cc2F)s1.O=C(O)C(F)(F)F. The Morgan fingerprint density at radius 1 is 1.10 bits per heavy atom. The van der Waals surface area contributed by atoms with E-state index in [1.807, 2.05) is 6.92 Å². The highest BCUT2D eigenvalue weighted by molar-refractivity contribution is 7.13. The second-order valence-electron chi connectivity index (χ2n) is 8.42. The predicted octanol–water partition coefficient (Wildman–Crippen LogP) is 3.03. The van der Waals surface area contributed by atoms with Crippen molar-refractivity contribution in [2.75, 3.05) is 0 Å². The molecule has 0 spiro atoms. The van der Waals surface area contributed by atoms with E-state index >= 15 is 0 Å². The number of benzene rings is 1. The molecule has 41 heavy (non-hydrogen) atoms. The number of hydrogen-bond donors (Lipinski definition) is 6. The number of amides is 1. The summed E-state index contributed by atoms with van der Waals surface area (Å²) in [6.45, 7) is 1.88. The van der Waals surface area contributed by atoms with Crippen LogP contribution in [-0.2, 0) is 25.6 Å². The highest BCUT2D eigenvalue weighted by atomic mass is 32.1. The van der Waals surface area contributed by atoms with Crippen molar-refractivity contribution >= 4 is 47.0 Å². The number of ether oxygens (including phenoxy) is 1. The number of nitrogens with one attached hydrogen (secondary N) is 2. The number of carbonyl (C=O) groups is 5. The van der Waals surface area contributed by atoms with Gasteiger partial charge in [-0.2, -0.15) is 13.2 Å². The summed E-state index contributed by atoms with van der Waals surface area (Å²) in [6, 6.07) is 5.37. The van der Waals surface area contributed by atoms with Crippen LogP contribution in [0.5, 0.6) is 5.75 Å². The van der Waals surface area contributed by atoms with Gasteiger partial charge in [-0.25, -0.2) is 18.8 Å². The van der Waals surface area contributed by atoms with Gasteiger partial charge in [0, 0.05) is 16.9 Å². The van der Waals surface area contributed by atoms with Crippen LogP contribution >= 0.6 is 11.3 Å². The molecule has 1 aromatic heterocycles. The van der Waals surface area contributed by atoms with E-state index in [4.69, 9.17) is 36.0 Å². The minimum Gasteiger partial charge on any atom is -0.481 e. The van der Waals surface area contributed by atoms with Crippen LogP contribution in [0.25, 0.3) is 0 Å². The molecule has 12 nitrogen and oxygen atoms in total. The number of amidine groups is 1. The number of aliphatic carboxylic acids is 3. The Morgan fingerprint density at radius 2 is 1.71 bits per heavy atom. The molecule has 0 bridgehead atoms. The summed E-state index contributed by atoms with van der Waals surface area (Å²) in [5, 5.41) is 34.3. The van der Waals surface area contributed by atoms with Crippen LogP contribution in [0.3, 0.4) is 0 Å². The van der Waals surface area contributed by atoms with Crippen LogP contribution < -0.4 is 15.8 Å². The van der Waals surface area contributed by atoms with Gasteiger partial charge in [0.25, 0.3) is 0 Å². The van der Waals surface area contributed by atoms with Crippen molar-refractivity contribution in [1.82, 2.24) is 5.32 Å². The number of alkyl halides is 3. The lowest BCUT2D eigenvalue weighted by Crippen LogP contribution is -2.42. The van der Waals surface area contributed by atoms with Gasteiger partial charge in [0.15, 0.2) is 11.6 Å². The summed E-state index contributed by atoms with van der Waals surface area (Å²) < 4.78 is 50.9. The van der Waals surface area contributed by atoms with E-state index in [-0.39, 0.29) is 34.4 Å². The third kappa shape index (κ3) is 12.5. The van der Waals surface area contributed by atoms with Gasteiger partial charge >= 0.3 is 30.1 Å². The third-order valence-corrected chi connectivity index (χ3v) is 6.06. The third-order valence-electron chi connectivity index (χ3n) is 4.98. The first-order valence-electron chi connectivity index (χ1n) is 11.4. The standard InChI is InChI=1S/C22H24FN3O7S.C2HF3O2/c1-11(2-7-18(27)26-15(21(30)31)10-19(28)29)8-13-4-6-17(34-13)22(32)33-16-5-3-12(20(24)25)9-14(16)23;3-2(4,5)1(6)7/h3-6,9,11,15H,2,7-8,10H2,1H3,(H3,24,25)(H,26,27)(H,28,29)(H,30,31);(H,6,7)/t11?,15-;/m0./s1. The molecule has 224 valence electrons. The fraction of sp³-hybridized carbons (Fsp3) is 0.333. The molecule has 2 aromatic rings. The Balaban J connectivity index is 0.00000106. The Hall–Kier alpha value is -4.54. The number of hydrogen-bond acceptors (Lipinski definition) is 8. The van der Waals surface area contributed by atoms with E-state index in [2.05, 4.69) is 5.32 Å². The van der Waals surface area contributed by atoms with Gasteiger partial charge in [-0.1, -0.05) is 6.92 Å². The molecule has 0 aliphatic carbocycles. The number of rotatable bonds is 12. The minimum atomic E-state index is -5.08. The molecule has 0 saturated carbocycles. The van der Waals surface area contributed by atoms with Crippen LogP contribution in [0, 0.1) is 17.1 Å². The molecule has 0 saturated heterocycles. The first-order valence-corrected chi connectivity index (χ1v) is 12.2. The van der Waals surface area contributed by atoms with E-state index in [0.717, 1.165) is 22.3 Å². The van der Waals surface area contributed by atoms with Crippen molar-refractivity contribution in [3.63, 3.8) is 0 Å². The predicted molar refractivity (Wildman–Crippen MR) is 134 cm³/mol. The molecular weight excluding hydrogens is 582 g/mol. The molecule has 0 aliphatic rings. The highest BCUT2D eigenvalue weighted by Crippen LogP contribution is 2.25. The van der Waals surface area contributed by atoms with Crippen molar-refractivity contribution in [2.45, 2.75) is 44.8 Å².